The lowest BCUT2D eigenvalue weighted by Gasteiger charge is -2.33. The van der Waals surface area contributed by atoms with Gasteiger partial charge in [-0.05, 0) is 57.5 Å². The molecule has 0 N–H and O–H groups in total. The van der Waals surface area contributed by atoms with Crippen LogP contribution < -0.4 is 0 Å². The quantitative estimate of drug-likeness (QED) is 0.738. The molecule has 0 saturated heterocycles. The number of ether oxygens (including phenoxy) is 1. The molecule has 0 aliphatic carbocycles. The minimum absolute atomic E-state index is 0.0901. The van der Waals surface area contributed by atoms with Crippen LogP contribution in [-0.2, 0) is 4.74 Å². The first-order valence-corrected chi connectivity index (χ1v) is 7.71. The molecule has 0 saturated carbocycles. The maximum atomic E-state index is 11.9. The van der Waals surface area contributed by atoms with Crippen LogP contribution in [0.5, 0.6) is 0 Å². The first-order chi connectivity index (χ1) is 9.73. The summed E-state index contributed by atoms with van der Waals surface area (Å²) in [6.45, 7) is 10.5. The van der Waals surface area contributed by atoms with Crippen molar-refractivity contribution in [3.63, 3.8) is 0 Å². The lowest BCUT2D eigenvalue weighted by atomic mass is 9.85. The third-order valence-electron chi connectivity index (χ3n) is 3.94. The van der Waals surface area contributed by atoms with Gasteiger partial charge in [0.05, 0.1) is 11.7 Å². The zero-order chi connectivity index (χ0) is 16.2. The van der Waals surface area contributed by atoms with Crippen LogP contribution in [0.1, 0.15) is 56.6 Å². The van der Waals surface area contributed by atoms with E-state index in [0.717, 1.165) is 0 Å². The van der Waals surface area contributed by atoms with E-state index in [0.29, 0.717) is 23.4 Å². The normalized spacial score (nSPS) is 14.6. The zero-order valence-electron chi connectivity index (χ0n) is 14.4. The van der Waals surface area contributed by atoms with Gasteiger partial charge in [-0.3, -0.25) is 0 Å². The van der Waals surface area contributed by atoms with Gasteiger partial charge >= 0.3 is 5.97 Å². The molecule has 0 fully saturated rings. The maximum absolute atomic E-state index is 11.9. The van der Waals surface area contributed by atoms with Crippen molar-refractivity contribution in [2.24, 2.45) is 11.8 Å². The van der Waals surface area contributed by atoms with Gasteiger partial charge < -0.3 is 9.64 Å². The summed E-state index contributed by atoms with van der Waals surface area (Å²) in [5.41, 5.74) is 1.85. The molecular formula is C18H29NO2. The summed E-state index contributed by atoms with van der Waals surface area (Å²) in [6, 6.07) is 8.16. The monoisotopic (exact) mass is 291 g/mol. The summed E-state index contributed by atoms with van der Waals surface area (Å²) in [6.07, 6.45) is -0.0901. The minimum Gasteiger partial charge on any atom is -0.459 e. The van der Waals surface area contributed by atoms with Crippen LogP contribution in [0.15, 0.2) is 24.3 Å². The van der Waals surface area contributed by atoms with Crippen LogP contribution in [-0.4, -0.2) is 31.1 Å². The van der Waals surface area contributed by atoms with Crippen LogP contribution >= 0.6 is 0 Å². The second-order valence-electron chi connectivity index (χ2n) is 6.59. The second-order valence-corrected chi connectivity index (χ2v) is 6.59. The molecule has 3 heteroatoms. The van der Waals surface area contributed by atoms with E-state index < -0.39 is 0 Å². The number of carbonyl (C=O) groups excluding carboxylic acids is 1. The summed E-state index contributed by atoms with van der Waals surface area (Å²) >= 11 is 0. The molecule has 0 radical (unpaired) electrons. The number of hydrogen-bond acceptors (Lipinski definition) is 3. The summed E-state index contributed by atoms with van der Waals surface area (Å²) in [5.74, 6) is 0.881. The van der Waals surface area contributed by atoms with E-state index in [4.69, 9.17) is 4.74 Å². The number of hydrogen-bond donors (Lipinski definition) is 0. The van der Waals surface area contributed by atoms with Crippen LogP contribution in [0.25, 0.3) is 0 Å². The highest BCUT2D eigenvalue weighted by atomic mass is 16.5. The van der Waals surface area contributed by atoms with Crippen LogP contribution in [0.3, 0.4) is 0 Å². The van der Waals surface area contributed by atoms with E-state index in [1.807, 2.05) is 38.1 Å². The molecule has 0 aromatic heterocycles. The fourth-order valence-electron chi connectivity index (χ4n) is 2.54. The number of rotatable bonds is 6. The predicted octanol–water partition coefficient (Wildman–Crippen LogP) is 4.15. The van der Waals surface area contributed by atoms with Crippen molar-refractivity contribution in [2.45, 2.75) is 46.8 Å². The Kier molecular flexibility index (Phi) is 6.41. The highest BCUT2D eigenvalue weighted by Crippen LogP contribution is 2.31. The van der Waals surface area contributed by atoms with Gasteiger partial charge in [-0.15, -0.1) is 0 Å². The number of carbonyl (C=O) groups is 1. The fraction of sp³-hybridized carbons (Fsp3) is 0.611. The van der Waals surface area contributed by atoms with E-state index in [9.17, 15) is 4.79 Å². The predicted molar refractivity (Wildman–Crippen MR) is 87.4 cm³/mol. The summed E-state index contributed by atoms with van der Waals surface area (Å²) < 4.78 is 5.22. The van der Waals surface area contributed by atoms with Gasteiger partial charge in [-0.1, -0.05) is 32.9 Å². The molecule has 118 valence electrons. The van der Waals surface area contributed by atoms with Crippen molar-refractivity contribution in [3.8, 4) is 0 Å². The molecule has 1 rings (SSSR count). The highest BCUT2D eigenvalue weighted by molar-refractivity contribution is 5.89. The average Bonchev–Trinajstić information content (AvgIpc) is 2.38. The Balaban J connectivity index is 2.96. The lowest BCUT2D eigenvalue weighted by Crippen LogP contribution is -2.28. The summed E-state index contributed by atoms with van der Waals surface area (Å²) in [7, 11) is 4.20. The Labute approximate surface area is 129 Å². The van der Waals surface area contributed by atoms with Crippen molar-refractivity contribution in [2.75, 3.05) is 14.1 Å². The van der Waals surface area contributed by atoms with Gasteiger partial charge in [0.15, 0.2) is 0 Å². The minimum atomic E-state index is -0.255. The highest BCUT2D eigenvalue weighted by Gasteiger charge is 2.24. The van der Waals surface area contributed by atoms with Crippen molar-refractivity contribution in [1.29, 1.82) is 0 Å². The van der Waals surface area contributed by atoms with Gasteiger partial charge in [0.25, 0.3) is 0 Å². The first kappa shape index (κ1) is 17.7. The van der Waals surface area contributed by atoms with Crippen molar-refractivity contribution in [1.82, 2.24) is 4.90 Å². The lowest BCUT2D eigenvalue weighted by molar-refractivity contribution is 0.0378. The van der Waals surface area contributed by atoms with Gasteiger partial charge in [-0.2, -0.15) is 0 Å². The topological polar surface area (TPSA) is 29.5 Å². The first-order valence-electron chi connectivity index (χ1n) is 7.71. The van der Waals surface area contributed by atoms with Gasteiger partial charge in [0.2, 0.25) is 0 Å². The van der Waals surface area contributed by atoms with Gasteiger partial charge in [-0.25, -0.2) is 4.79 Å². The molecule has 21 heavy (non-hydrogen) atoms. The molecule has 0 bridgehead atoms. The third-order valence-corrected chi connectivity index (χ3v) is 3.94. The molecule has 3 nitrogen and oxygen atoms in total. The number of nitrogens with zero attached hydrogens (tertiary/aromatic N) is 1. The molecule has 0 spiro atoms. The smallest absolute Gasteiger partial charge is 0.338 e. The van der Waals surface area contributed by atoms with E-state index in [2.05, 4.69) is 39.8 Å². The number of benzene rings is 1. The Hall–Kier alpha value is -1.35. The van der Waals surface area contributed by atoms with E-state index in [1.54, 1.807) is 0 Å². The maximum Gasteiger partial charge on any atom is 0.338 e. The molecular weight excluding hydrogens is 262 g/mol. The largest absolute Gasteiger partial charge is 0.459 e. The standard InChI is InChI=1S/C18H29NO2/c1-12(2)14(5)17(19(6)7)15-8-10-16(11-9-15)18(20)21-13(3)4/h8-14,17H,1-7H3/t14-,17-/m1/s1. The molecule has 0 amide bonds. The van der Waals surface area contributed by atoms with E-state index >= 15 is 0 Å². The SMILES string of the molecule is CC(C)OC(=O)c1ccc([C@@H]([C@H](C)C(C)C)N(C)C)cc1. The van der Waals surface area contributed by atoms with Crippen LogP contribution in [0.4, 0.5) is 0 Å². The second kappa shape index (κ2) is 7.60. The molecule has 0 aliphatic rings. The molecule has 1 aromatic carbocycles. The fourth-order valence-corrected chi connectivity index (χ4v) is 2.54. The van der Waals surface area contributed by atoms with Crippen LogP contribution in [0.2, 0.25) is 0 Å². The van der Waals surface area contributed by atoms with Crippen molar-refractivity contribution < 1.29 is 9.53 Å². The number of esters is 1. The molecule has 0 heterocycles. The molecule has 0 aliphatic heterocycles. The third kappa shape index (κ3) is 4.85. The molecule has 0 unspecified atom stereocenters. The Morgan fingerprint density at radius 3 is 1.90 bits per heavy atom. The van der Waals surface area contributed by atoms with Gasteiger partial charge in [0, 0.05) is 6.04 Å². The van der Waals surface area contributed by atoms with Crippen LogP contribution in [0, 0.1) is 11.8 Å². The Bertz CT molecular complexity index is 449. The summed E-state index contributed by atoms with van der Waals surface area (Å²) in [4.78, 5) is 14.1. The Morgan fingerprint density at radius 1 is 1.00 bits per heavy atom. The van der Waals surface area contributed by atoms with Crippen molar-refractivity contribution in [3.05, 3.63) is 35.4 Å². The van der Waals surface area contributed by atoms with E-state index in [-0.39, 0.29) is 12.1 Å². The van der Waals surface area contributed by atoms with E-state index in [1.165, 1.54) is 5.56 Å². The van der Waals surface area contributed by atoms with Crippen molar-refractivity contribution >= 4 is 5.97 Å². The van der Waals surface area contributed by atoms with Gasteiger partial charge in [0.1, 0.15) is 0 Å². The molecule has 1 aromatic rings. The Morgan fingerprint density at radius 2 is 1.52 bits per heavy atom. The molecule has 2 atom stereocenters. The average molecular weight is 291 g/mol. The summed E-state index contributed by atoms with van der Waals surface area (Å²) in [5, 5.41) is 0. The zero-order valence-corrected chi connectivity index (χ0v) is 14.4.